The highest BCUT2D eigenvalue weighted by molar-refractivity contribution is 7.87. The smallest absolute Gasteiger partial charge is 0.339 e. The van der Waals surface area contributed by atoms with Crippen molar-refractivity contribution in [1.29, 1.82) is 0 Å². The number of fused-ring (bicyclic) bond motifs is 1. The Hall–Kier alpha value is -3.44. The molecular formula is C22H11ClF5NO4S. The number of halogens is 6. The zero-order chi connectivity index (χ0) is 24.8. The van der Waals surface area contributed by atoms with Gasteiger partial charge in [0, 0.05) is 22.2 Å². The first-order valence-electron chi connectivity index (χ1n) is 9.23. The highest BCUT2D eigenvalue weighted by Gasteiger charge is 2.31. The Bertz CT molecular complexity index is 1530. The molecule has 4 rings (SSSR count). The van der Waals surface area contributed by atoms with Crippen LogP contribution in [0.15, 0.2) is 53.6 Å². The minimum Gasteiger partial charge on any atom is -0.496 e. The maximum atomic E-state index is 13.9. The van der Waals surface area contributed by atoms with E-state index in [4.69, 9.17) is 16.3 Å². The quantitative estimate of drug-likeness (QED) is 0.141. The van der Waals surface area contributed by atoms with Crippen molar-refractivity contribution in [2.75, 3.05) is 7.11 Å². The summed E-state index contributed by atoms with van der Waals surface area (Å²) in [5.41, 5.74) is 0.960. The molecule has 0 aliphatic carbocycles. The molecule has 1 aromatic heterocycles. The summed E-state index contributed by atoms with van der Waals surface area (Å²) in [4.78, 5) is 3.71. The molecule has 0 unspecified atom stereocenters. The van der Waals surface area contributed by atoms with E-state index in [-0.39, 0.29) is 0 Å². The van der Waals surface area contributed by atoms with Crippen LogP contribution in [0.5, 0.6) is 11.5 Å². The number of methoxy groups -OCH3 is 1. The standard InChI is InChI=1S/C22H11ClF5NO4S/c1-32-15-9-11(23)2-4-14(15)21-13-5-3-12(8-10(13)6-7-29-21)34(30,31)33-22-19(27)17(25)16(24)18(26)20(22)28/h2-9H,1H3. The number of hydrogen-bond acceptors (Lipinski definition) is 5. The number of benzene rings is 3. The molecule has 1 heterocycles. The van der Waals surface area contributed by atoms with E-state index >= 15 is 0 Å². The molecule has 12 heteroatoms. The molecule has 0 aliphatic rings. The SMILES string of the molecule is COc1cc(Cl)ccc1-c1nccc2cc(S(=O)(=O)Oc3c(F)c(F)c(F)c(F)c3F)ccc12. The van der Waals surface area contributed by atoms with Crippen LogP contribution >= 0.6 is 11.6 Å². The van der Waals surface area contributed by atoms with E-state index in [0.29, 0.717) is 32.8 Å². The number of aromatic nitrogens is 1. The Morgan fingerprint density at radius 2 is 1.50 bits per heavy atom. The van der Waals surface area contributed by atoms with Crippen molar-refractivity contribution in [3.63, 3.8) is 0 Å². The average molecular weight is 516 g/mol. The van der Waals surface area contributed by atoms with Crippen LogP contribution in [0.1, 0.15) is 0 Å². The molecule has 0 fully saturated rings. The van der Waals surface area contributed by atoms with Crippen molar-refractivity contribution in [2.45, 2.75) is 4.90 Å². The van der Waals surface area contributed by atoms with Gasteiger partial charge in [0.05, 0.1) is 12.8 Å². The topological polar surface area (TPSA) is 65.5 Å². The third-order valence-corrected chi connectivity index (χ3v) is 6.26. The third-order valence-electron chi connectivity index (χ3n) is 4.81. The molecule has 0 saturated carbocycles. The van der Waals surface area contributed by atoms with Gasteiger partial charge in [0.1, 0.15) is 10.6 Å². The summed E-state index contributed by atoms with van der Waals surface area (Å²) in [6, 6.07) is 9.77. The van der Waals surface area contributed by atoms with E-state index in [9.17, 15) is 30.4 Å². The minimum atomic E-state index is -4.99. The number of hydrogen-bond donors (Lipinski definition) is 0. The fraction of sp³-hybridized carbons (Fsp3) is 0.0455. The first-order chi connectivity index (χ1) is 16.0. The van der Waals surface area contributed by atoms with E-state index < -0.39 is 49.8 Å². The molecule has 3 aromatic carbocycles. The van der Waals surface area contributed by atoms with Gasteiger partial charge >= 0.3 is 10.1 Å². The first kappa shape index (κ1) is 23.7. The van der Waals surface area contributed by atoms with Crippen molar-refractivity contribution < 1.29 is 39.3 Å². The molecule has 0 N–H and O–H groups in total. The molecule has 0 spiro atoms. The lowest BCUT2D eigenvalue weighted by atomic mass is 10.0. The van der Waals surface area contributed by atoms with E-state index in [1.54, 1.807) is 18.2 Å². The van der Waals surface area contributed by atoms with E-state index in [0.717, 1.165) is 12.1 Å². The molecule has 0 radical (unpaired) electrons. The monoisotopic (exact) mass is 515 g/mol. The normalized spacial score (nSPS) is 11.6. The Morgan fingerprint density at radius 1 is 0.853 bits per heavy atom. The summed E-state index contributed by atoms with van der Waals surface area (Å²) >= 11 is 5.99. The Kier molecular flexibility index (Phi) is 6.09. The highest BCUT2D eigenvalue weighted by Crippen LogP contribution is 2.36. The van der Waals surface area contributed by atoms with Gasteiger partial charge in [0.2, 0.25) is 34.8 Å². The molecule has 0 atom stereocenters. The zero-order valence-electron chi connectivity index (χ0n) is 16.9. The first-order valence-corrected chi connectivity index (χ1v) is 11.0. The summed E-state index contributed by atoms with van der Waals surface area (Å²) in [5.74, 6) is -13.5. The maximum absolute atomic E-state index is 13.9. The van der Waals surface area contributed by atoms with Crippen LogP contribution in [0, 0.1) is 29.1 Å². The number of pyridine rings is 1. The van der Waals surface area contributed by atoms with Crippen molar-refractivity contribution in [1.82, 2.24) is 4.98 Å². The average Bonchev–Trinajstić information content (AvgIpc) is 2.83. The Balaban J connectivity index is 1.81. The molecule has 4 aromatic rings. The molecule has 0 saturated heterocycles. The largest absolute Gasteiger partial charge is 0.496 e. The Labute approximate surface area is 194 Å². The van der Waals surface area contributed by atoms with Gasteiger partial charge in [0.25, 0.3) is 0 Å². The molecule has 0 amide bonds. The fourth-order valence-electron chi connectivity index (χ4n) is 3.20. The summed E-state index contributed by atoms with van der Waals surface area (Å²) < 4.78 is 103. The van der Waals surface area contributed by atoms with Gasteiger partial charge in [-0.2, -0.15) is 17.2 Å². The van der Waals surface area contributed by atoms with Crippen LogP contribution in [0.4, 0.5) is 22.0 Å². The van der Waals surface area contributed by atoms with Crippen LogP contribution in [0.3, 0.4) is 0 Å². The van der Waals surface area contributed by atoms with Gasteiger partial charge < -0.3 is 8.92 Å². The second kappa shape index (κ2) is 8.73. The second-order valence-electron chi connectivity index (χ2n) is 6.82. The van der Waals surface area contributed by atoms with Crippen LogP contribution in [0.2, 0.25) is 5.02 Å². The van der Waals surface area contributed by atoms with Gasteiger partial charge in [-0.15, -0.1) is 0 Å². The van der Waals surface area contributed by atoms with Gasteiger partial charge in [0.15, 0.2) is 0 Å². The number of nitrogens with zero attached hydrogens (tertiary/aromatic N) is 1. The molecule has 176 valence electrons. The summed E-state index contributed by atoms with van der Waals surface area (Å²) in [5, 5.41) is 1.21. The zero-order valence-corrected chi connectivity index (χ0v) is 18.4. The second-order valence-corrected chi connectivity index (χ2v) is 8.81. The lowest BCUT2D eigenvalue weighted by Crippen LogP contribution is -2.14. The molecular weight excluding hydrogens is 505 g/mol. The van der Waals surface area contributed by atoms with E-state index in [1.807, 2.05) is 0 Å². The molecule has 5 nitrogen and oxygen atoms in total. The van der Waals surface area contributed by atoms with Crippen LogP contribution < -0.4 is 8.92 Å². The number of ether oxygens (including phenoxy) is 1. The summed E-state index contributed by atoms with van der Waals surface area (Å²) in [6.07, 6.45) is 1.38. The van der Waals surface area contributed by atoms with E-state index in [1.165, 1.54) is 25.4 Å². The number of rotatable bonds is 5. The fourth-order valence-corrected chi connectivity index (χ4v) is 4.33. The summed E-state index contributed by atoms with van der Waals surface area (Å²) in [6.45, 7) is 0. The van der Waals surface area contributed by atoms with Crippen molar-refractivity contribution in [2.24, 2.45) is 0 Å². The van der Waals surface area contributed by atoms with Crippen molar-refractivity contribution >= 4 is 32.5 Å². The van der Waals surface area contributed by atoms with Crippen LogP contribution in [0.25, 0.3) is 22.0 Å². The predicted octanol–water partition coefficient (Wildman–Crippen LogP) is 6.03. The third kappa shape index (κ3) is 4.01. The van der Waals surface area contributed by atoms with Crippen LogP contribution in [-0.2, 0) is 10.1 Å². The van der Waals surface area contributed by atoms with Gasteiger partial charge in [-0.1, -0.05) is 17.7 Å². The van der Waals surface area contributed by atoms with Gasteiger partial charge in [-0.3, -0.25) is 4.98 Å². The van der Waals surface area contributed by atoms with Gasteiger partial charge in [-0.05, 0) is 41.8 Å². The van der Waals surface area contributed by atoms with Crippen molar-refractivity contribution in [3.05, 3.63) is 82.8 Å². The predicted molar refractivity (Wildman–Crippen MR) is 113 cm³/mol. The van der Waals surface area contributed by atoms with E-state index in [2.05, 4.69) is 9.17 Å². The molecule has 0 aliphatic heterocycles. The van der Waals surface area contributed by atoms with Gasteiger partial charge in [-0.25, -0.2) is 13.2 Å². The van der Waals surface area contributed by atoms with Crippen LogP contribution in [-0.4, -0.2) is 20.5 Å². The lowest BCUT2D eigenvalue weighted by Gasteiger charge is -2.13. The molecule has 0 bridgehead atoms. The van der Waals surface area contributed by atoms with Crippen molar-refractivity contribution in [3.8, 4) is 22.8 Å². The maximum Gasteiger partial charge on any atom is 0.339 e. The Morgan fingerprint density at radius 3 is 2.15 bits per heavy atom. The highest BCUT2D eigenvalue weighted by atomic mass is 35.5. The minimum absolute atomic E-state index is 0.323. The molecule has 34 heavy (non-hydrogen) atoms. The lowest BCUT2D eigenvalue weighted by molar-refractivity contribution is 0.346. The summed E-state index contributed by atoms with van der Waals surface area (Å²) in [7, 11) is -3.56.